The quantitative estimate of drug-likeness (QED) is 0.795. The van der Waals surface area contributed by atoms with Gasteiger partial charge in [-0.3, -0.25) is 0 Å². The maximum absolute atomic E-state index is 12.2. The summed E-state index contributed by atoms with van der Waals surface area (Å²) < 4.78 is 28.0. The van der Waals surface area contributed by atoms with Gasteiger partial charge in [0.1, 0.15) is 0 Å². The van der Waals surface area contributed by atoms with Crippen LogP contribution < -0.4 is 4.72 Å². The van der Waals surface area contributed by atoms with Gasteiger partial charge < -0.3 is 0 Å². The summed E-state index contributed by atoms with van der Waals surface area (Å²) in [5.74, 6) is 0. The maximum Gasteiger partial charge on any atom is 0.240 e. The Morgan fingerprint density at radius 3 is 2.17 bits per heavy atom. The van der Waals surface area contributed by atoms with Crippen LogP contribution in [-0.4, -0.2) is 19.3 Å². The van der Waals surface area contributed by atoms with E-state index < -0.39 is 10.0 Å². The van der Waals surface area contributed by atoms with Gasteiger partial charge in [-0.15, -0.1) is 0 Å². The van der Waals surface area contributed by atoms with Crippen molar-refractivity contribution in [1.82, 2.24) is 4.72 Å². The molecular formula is C12H15Br2NO2S. The van der Waals surface area contributed by atoms with Crippen molar-refractivity contribution >= 4 is 41.9 Å². The second kappa shape index (κ2) is 6.03. The van der Waals surface area contributed by atoms with Gasteiger partial charge in [0, 0.05) is 15.3 Å². The summed E-state index contributed by atoms with van der Waals surface area (Å²) in [7, 11) is -3.38. The molecule has 1 aliphatic rings. The summed E-state index contributed by atoms with van der Waals surface area (Å²) in [5, 5.41) is 0. The molecule has 1 aromatic carbocycles. The van der Waals surface area contributed by atoms with E-state index in [4.69, 9.17) is 0 Å². The third-order valence-electron chi connectivity index (χ3n) is 3.10. The van der Waals surface area contributed by atoms with Crippen molar-refractivity contribution in [2.24, 2.45) is 0 Å². The zero-order valence-corrected chi connectivity index (χ0v) is 13.8. The Kier molecular flexibility index (Phi) is 4.86. The molecule has 0 radical (unpaired) electrons. The zero-order valence-electron chi connectivity index (χ0n) is 9.77. The minimum Gasteiger partial charge on any atom is -0.208 e. The molecule has 0 aliphatic heterocycles. The van der Waals surface area contributed by atoms with Crippen molar-refractivity contribution in [2.75, 3.05) is 0 Å². The van der Waals surface area contributed by atoms with Crippen molar-refractivity contribution in [2.45, 2.75) is 41.4 Å². The molecule has 3 nitrogen and oxygen atoms in total. The van der Waals surface area contributed by atoms with Gasteiger partial charge in [0.2, 0.25) is 10.0 Å². The molecule has 0 heterocycles. The smallest absolute Gasteiger partial charge is 0.208 e. The van der Waals surface area contributed by atoms with E-state index in [1.165, 1.54) is 0 Å². The van der Waals surface area contributed by atoms with Crippen LogP contribution in [0.3, 0.4) is 0 Å². The molecule has 100 valence electrons. The minimum absolute atomic E-state index is 0.0625. The highest BCUT2D eigenvalue weighted by Gasteiger charge is 2.24. The lowest BCUT2D eigenvalue weighted by Crippen LogP contribution is -2.37. The number of sulfonamides is 1. The Morgan fingerprint density at radius 1 is 1.06 bits per heavy atom. The fourth-order valence-electron chi connectivity index (χ4n) is 2.07. The van der Waals surface area contributed by atoms with Crippen molar-refractivity contribution in [3.05, 3.63) is 28.7 Å². The summed E-state index contributed by atoms with van der Waals surface area (Å²) in [4.78, 5) is 0.859. The number of hydrogen-bond acceptors (Lipinski definition) is 2. The first-order valence-corrected chi connectivity index (χ1v) is 9.08. The maximum atomic E-state index is 12.2. The molecule has 0 aromatic heterocycles. The number of benzene rings is 1. The van der Waals surface area contributed by atoms with Crippen molar-refractivity contribution in [1.29, 1.82) is 0 Å². The van der Waals surface area contributed by atoms with Gasteiger partial charge in [-0.25, -0.2) is 13.1 Å². The van der Waals surface area contributed by atoms with Gasteiger partial charge in [-0.2, -0.15) is 0 Å². The highest BCUT2D eigenvalue weighted by molar-refractivity contribution is 9.10. The Bertz CT molecular complexity index is 493. The Hall–Kier alpha value is 0.0900. The normalized spacial score (nSPS) is 25.0. The van der Waals surface area contributed by atoms with Gasteiger partial charge in [-0.05, 0) is 49.9 Å². The highest BCUT2D eigenvalue weighted by Crippen LogP contribution is 2.25. The van der Waals surface area contributed by atoms with E-state index in [1.807, 2.05) is 0 Å². The SMILES string of the molecule is O=S(=O)(NC1CCC(Br)CC1)c1ccc(Br)cc1. The molecule has 0 spiro atoms. The molecule has 2 rings (SSSR count). The van der Waals surface area contributed by atoms with Crippen LogP contribution in [0.2, 0.25) is 0 Å². The molecule has 0 amide bonds. The predicted molar refractivity (Wildman–Crippen MR) is 79.4 cm³/mol. The van der Waals surface area contributed by atoms with Crippen LogP contribution in [0.5, 0.6) is 0 Å². The molecule has 0 saturated heterocycles. The first-order chi connectivity index (χ1) is 8.47. The number of hydrogen-bond donors (Lipinski definition) is 1. The molecular weight excluding hydrogens is 382 g/mol. The Balaban J connectivity index is 2.05. The minimum atomic E-state index is -3.38. The van der Waals surface area contributed by atoms with E-state index in [0.717, 1.165) is 30.2 Å². The molecule has 18 heavy (non-hydrogen) atoms. The molecule has 1 fully saturated rings. The standard InChI is InChI=1S/C12H15Br2NO2S/c13-9-1-5-11(6-2-9)15-18(16,17)12-7-3-10(14)4-8-12/h3-4,7-9,11,15H,1-2,5-6H2. The van der Waals surface area contributed by atoms with E-state index in [-0.39, 0.29) is 6.04 Å². The average Bonchev–Trinajstić information content (AvgIpc) is 2.32. The Labute approximate surface area is 125 Å². The first kappa shape index (κ1) is 14.5. The van der Waals surface area contributed by atoms with Crippen LogP contribution in [0.15, 0.2) is 33.6 Å². The second-order valence-corrected chi connectivity index (χ2v) is 8.45. The van der Waals surface area contributed by atoms with Crippen LogP contribution in [0.4, 0.5) is 0 Å². The van der Waals surface area contributed by atoms with Crippen molar-refractivity contribution in [3.63, 3.8) is 0 Å². The lowest BCUT2D eigenvalue weighted by atomic mass is 9.96. The van der Waals surface area contributed by atoms with Crippen molar-refractivity contribution in [3.8, 4) is 0 Å². The van der Waals surface area contributed by atoms with Crippen molar-refractivity contribution < 1.29 is 8.42 Å². The summed E-state index contributed by atoms with van der Waals surface area (Å²) in [5.41, 5.74) is 0. The number of rotatable bonds is 3. The van der Waals surface area contributed by atoms with Gasteiger partial charge in [0.15, 0.2) is 0 Å². The van der Waals surface area contributed by atoms with E-state index in [2.05, 4.69) is 36.6 Å². The van der Waals surface area contributed by atoms with Crippen LogP contribution in [-0.2, 0) is 10.0 Å². The van der Waals surface area contributed by atoms with Crippen LogP contribution in [0.1, 0.15) is 25.7 Å². The van der Waals surface area contributed by atoms with Gasteiger partial charge in [-0.1, -0.05) is 31.9 Å². The van der Waals surface area contributed by atoms with Crippen LogP contribution in [0, 0.1) is 0 Å². The topological polar surface area (TPSA) is 46.2 Å². The second-order valence-electron chi connectivity index (χ2n) is 4.52. The van der Waals surface area contributed by atoms with Crippen LogP contribution >= 0.6 is 31.9 Å². The van der Waals surface area contributed by atoms with Gasteiger partial charge >= 0.3 is 0 Å². The summed E-state index contributed by atoms with van der Waals surface area (Å²) in [6.07, 6.45) is 3.83. The molecule has 6 heteroatoms. The van der Waals surface area contributed by atoms with E-state index in [9.17, 15) is 8.42 Å². The number of halogens is 2. The molecule has 1 aromatic rings. The lowest BCUT2D eigenvalue weighted by molar-refractivity contribution is 0.422. The fraction of sp³-hybridized carbons (Fsp3) is 0.500. The molecule has 0 unspecified atom stereocenters. The van der Waals surface area contributed by atoms with Gasteiger partial charge in [0.05, 0.1) is 4.90 Å². The fourth-order valence-corrected chi connectivity index (χ4v) is 4.17. The summed E-state index contributed by atoms with van der Waals surface area (Å²) in [6, 6.07) is 6.77. The molecule has 1 saturated carbocycles. The van der Waals surface area contributed by atoms with E-state index in [0.29, 0.717) is 9.72 Å². The number of alkyl halides is 1. The molecule has 0 atom stereocenters. The third-order valence-corrected chi connectivity index (χ3v) is 6.08. The Morgan fingerprint density at radius 2 is 1.61 bits per heavy atom. The van der Waals surface area contributed by atoms with E-state index >= 15 is 0 Å². The summed E-state index contributed by atoms with van der Waals surface area (Å²) >= 11 is 6.86. The van der Waals surface area contributed by atoms with Crippen LogP contribution in [0.25, 0.3) is 0 Å². The number of nitrogens with one attached hydrogen (secondary N) is 1. The lowest BCUT2D eigenvalue weighted by Gasteiger charge is -2.25. The zero-order chi connectivity index (χ0) is 13.2. The highest BCUT2D eigenvalue weighted by atomic mass is 79.9. The molecule has 1 N–H and O–H groups in total. The predicted octanol–water partition coefficient (Wildman–Crippen LogP) is 3.43. The third kappa shape index (κ3) is 3.79. The first-order valence-electron chi connectivity index (χ1n) is 5.89. The molecule has 0 bridgehead atoms. The van der Waals surface area contributed by atoms with E-state index in [1.54, 1.807) is 24.3 Å². The summed E-state index contributed by atoms with van der Waals surface area (Å²) in [6.45, 7) is 0. The van der Waals surface area contributed by atoms with Gasteiger partial charge in [0.25, 0.3) is 0 Å². The largest absolute Gasteiger partial charge is 0.240 e. The molecule has 1 aliphatic carbocycles. The average molecular weight is 397 g/mol. The monoisotopic (exact) mass is 395 g/mol.